The van der Waals surface area contributed by atoms with Crippen molar-refractivity contribution in [2.75, 3.05) is 0 Å². The zero-order valence-electron chi connectivity index (χ0n) is 17.3. The standard InChI is InChI=1S/C23H22ClFN4O2/c1-15(2)11-27-14-26-21-20(27)22(30)29(13-17-18(24)9-6-10-19(17)25)23(31)28(21)12-16-7-4-3-5-8-16/h3-10,14-15H,11-13H2,1-2H3. The van der Waals surface area contributed by atoms with E-state index >= 15 is 0 Å². The van der Waals surface area contributed by atoms with Gasteiger partial charge in [0.25, 0.3) is 5.56 Å². The van der Waals surface area contributed by atoms with Crippen LogP contribution in [0.3, 0.4) is 0 Å². The maximum atomic E-state index is 14.4. The van der Waals surface area contributed by atoms with E-state index in [1.807, 2.05) is 44.2 Å². The average molecular weight is 441 g/mol. The highest BCUT2D eigenvalue weighted by Crippen LogP contribution is 2.20. The third-order valence-electron chi connectivity index (χ3n) is 5.11. The fourth-order valence-corrected chi connectivity index (χ4v) is 3.88. The Labute approximate surface area is 183 Å². The number of halogens is 2. The molecule has 0 aliphatic heterocycles. The lowest BCUT2D eigenvalue weighted by Gasteiger charge is -2.14. The van der Waals surface area contributed by atoms with Crippen molar-refractivity contribution >= 4 is 22.8 Å². The van der Waals surface area contributed by atoms with Gasteiger partial charge in [-0.25, -0.2) is 14.2 Å². The van der Waals surface area contributed by atoms with Crippen LogP contribution in [0.1, 0.15) is 25.0 Å². The lowest BCUT2D eigenvalue weighted by molar-refractivity contribution is 0.528. The Hall–Kier alpha value is -3.19. The van der Waals surface area contributed by atoms with Crippen LogP contribution in [0.15, 0.2) is 64.4 Å². The molecular weight excluding hydrogens is 419 g/mol. The molecule has 2 heterocycles. The number of rotatable bonds is 6. The van der Waals surface area contributed by atoms with E-state index in [0.29, 0.717) is 17.7 Å². The molecular formula is C23H22ClFN4O2. The smallest absolute Gasteiger partial charge is 0.324 e. The highest BCUT2D eigenvalue weighted by atomic mass is 35.5. The zero-order chi connectivity index (χ0) is 22.1. The van der Waals surface area contributed by atoms with E-state index in [4.69, 9.17) is 11.6 Å². The quantitative estimate of drug-likeness (QED) is 0.456. The van der Waals surface area contributed by atoms with Crippen LogP contribution >= 0.6 is 11.6 Å². The summed E-state index contributed by atoms with van der Waals surface area (Å²) in [5.74, 6) is -0.301. The van der Waals surface area contributed by atoms with Crippen LogP contribution in [-0.2, 0) is 19.6 Å². The van der Waals surface area contributed by atoms with E-state index < -0.39 is 17.1 Å². The lowest BCUT2D eigenvalue weighted by atomic mass is 10.2. The second kappa shape index (κ2) is 8.51. The molecule has 8 heteroatoms. The average Bonchev–Trinajstić information content (AvgIpc) is 3.14. The Morgan fingerprint density at radius 3 is 2.42 bits per heavy atom. The molecule has 0 unspecified atom stereocenters. The van der Waals surface area contributed by atoms with Crippen molar-refractivity contribution in [1.29, 1.82) is 0 Å². The zero-order valence-corrected chi connectivity index (χ0v) is 18.0. The van der Waals surface area contributed by atoms with Gasteiger partial charge in [0.2, 0.25) is 0 Å². The minimum absolute atomic E-state index is 0.101. The number of hydrogen-bond acceptors (Lipinski definition) is 3. The number of fused-ring (bicyclic) bond motifs is 1. The van der Waals surface area contributed by atoms with Crippen molar-refractivity contribution in [2.45, 2.75) is 33.5 Å². The van der Waals surface area contributed by atoms with Crippen molar-refractivity contribution in [2.24, 2.45) is 5.92 Å². The molecule has 2 aromatic carbocycles. The fraction of sp³-hybridized carbons (Fsp3) is 0.261. The first-order valence-corrected chi connectivity index (χ1v) is 10.4. The summed E-state index contributed by atoms with van der Waals surface area (Å²) in [5.41, 5.74) is 0.548. The Bertz CT molecular complexity index is 1340. The van der Waals surface area contributed by atoms with E-state index in [-0.39, 0.29) is 29.6 Å². The first-order chi connectivity index (χ1) is 14.9. The van der Waals surface area contributed by atoms with Crippen LogP contribution in [0.25, 0.3) is 11.2 Å². The molecule has 31 heavy (non-hydrogen) atoms. The van der Waals surface area contributed by atoms with E-state index in [2.05, 4.69) is 4.98 Å². The molecule has 0 N–H and O–H groups in total. The molecule has 4 aromatic rings. The summed E-state index contributed by atoms with van der Waals surface area (Å²) < 4.78 is 18.7. The Kier molecular flexibility index (Phi) is 5.78. The van der Waals surface area contributed by atoms with Gasteiger partial charge in [0.15, 0.2) is 11.2 Å². The molecule has 0 saturated heterocycles. The molecule has 0 bridgehead atoms. The Balaban J connectivity index is 1.96. The number of nitrogens with zero attached hydrogens (tertiary/aromatic N) is 4. The fourth-order valence-electron chi connectivity index (χ4n) is 3.66. The highest BCUT2D eigenvalue weighted by molar-refractivity contribution is 6.31. The van der Waals surface area contributed by atoms with Gasteiger partial charge in [0, 0.05) is 17.1 Å². The molecule has 2 aromatic heterocycles. The van der Waals surface area contributed by atoms with Gasteiger partial charge in [-0.15, -0.1) is 0 Å². The number of benzene rings is 2. The normalized spacial score (nSPS) is 11.5. The predicted molar refractivity (Wildman–Crippen MR) is 119 cm³/mol. The number of hydrogen-bond donors (Lipinski definition) is 0. The topological polar surface area (TPSA) is 61.8 Å². The van der Waals surface area contributed by atoms with Gasteiger partial charge >= 0.3 is 5.69 Å². The van der Waals surface area contributed by atoms with E-state index in [1.54, 1.807) is 10.9 Å². The highest BCUT2D eigenvalue weighted by Gasteiger charge is 2.20. The number of aromatic nitrogens is 4. The second-order valence-electron chi connectivity index (χ2n) is 7.91. The minimum atomic E-state index is -0.566. The molecule has 4 rings (SSSR count). The van der Waals surface area contributed by atoms with E-state index in [9.17, 15) is 14.0 Å². The maximum absolute atomic E-state index is 14.4. The van der Waals surface area contributed by atoms with Crippen molar-refractivity contribution in [3.8, 4) is 0 Å². The molecule has 0 atom stereocenters. The summed E-state index contributed by atoms with van der Waals surface area (Å²) in [5, 5.41) is 0.164. The van der Waals surface area contributed by atoms with Crippen molar-refractivity contribution in [1.82, 2.24) is 18.7 Å². The van der Waals surface area contributed by atoms with Crippen LogP contribution in [-0.4, -0.2) is 18.7 Å². The Morgan fingerprint density at radius 2 is 1.74 bits per heavy atom. The van der Waals surface area contributed by atoms with Crippen LogP contribution in [0.2, 0.25) is 5.02 Å². The molecule has 0 saturated carbocycles. The molecule has 0 spiro atoms. The molecule has 0 aliphatic rings. The van der Waals surface area contributed by atoms with Gasteiger partial charge in [-0.3, -0.25) is 13.9 Å². The van der Waals surface area contributed by atoms with Gasteiger partial charge in [-0.2, -0.15) is 0 Å². The molecule has 0 fully saturated rings. The monoisotopic (exact) mass is 440 g/mol. The summed E-state index contributed by atoms with van der Waals surface area (Å²) in [6.45, 7) is 4.60. The molecule has 0 aliphatic carbocycles. The predicted octanol–water partition coefficient (Wildman–Crippen LogP) is 3.90. The molecule has 6 nitrogen and oxygen atoms in total. The van der Waals surface area contributed by atoms with Gasteiger partial charge < -0.3 is 4.57 Å². The largest absolute Gasteiger partial charge is 0.333 e. The summed E-state index contributed by atoms with van der Waals surface area (Å²) in [6, 6.07) is 13.7. The van der Waals surface area contributed by atoms with E-state index in [0.717, 1.165) is 10.1 Å². The summed E-state index contributed by atoms with van der Waals surface area (Å²) in [4.78, 5) is 31.1. The minimum Gasteiger partial charge on any atom is -0.324 e. The molecule has 0 amide bonds. The first-order valence-electron chi connectivity index (χ1n) is 10.0. The summed E-state index contributed by atoms with van der Waals surface area (Å²) in [7, 11) is 0. The SMILES string of the molecule is CC(C)Cn1cnc2c1c(=O)n(Cc1c(F)cccc1Cl)c(=O)n2Cc1ccccc1. The lowest BCUT2D eigenvalue weighted by Crippen LogP contribution is -2.41. The number of imidazole rings is 1. The van der Waals surface area contributed by atoms with Crippen molar-refractivity contribution < 1.29 is 4.39 Å². The van der Waals surface area contributed by atoms with Crippen molar-refractivity contribution in [3.63, 3.8) is 0 Å². The van der Waals surface area contributed by atoms with E-state index in [1.165, 1.54) is 22.8 Å². The van der Waals surface area contributed by atoms with Gasteiger partial charge in [-0.1, -0.05) is 61.8 Å². The summed E-state index contributed by atoms with van der Waals surface area (Å²) in [6.07, 6.45) is 1.58. The molecule has 0 radical (unpaired) electrons. The third kappa shape index (κ3) is 4.05. The van der Waals surface area contributed by atoms with Crippen LogP contribution in [0.4, 0.5) is 4.39 Å². The van der Waals surface area contributed by atoms with Crippen molar-refractivity contribution in [3.05, 3.63) is 97.7 Å². The van der Waals surface area contributed by atoms with Gasteiger partial charge in [0.05, 0.1) is 19.4 Å². The molecule has 160 valence electrons. The third-order valence-corrected chi connectivity index (χ3v) is 5.46. The van der Waals surface area contributed by atoms with Gasteiger partial charge in [0.1, 0.15) is 5.82 Å². The van der Waals surface area contributed by atoms with Crippen LogP contribution in [0.5, 0.6) is 0 Å². The van der Waals surface area contributed by atoms with Gasteiger partial charge in [-0.05, 0) is 23.6 Å². The first kappa shape index (κ1) is 21.1. The summed E-state index contributed by atoms with van der Waals surface area (Å²) >= 11 is 6.17. The maximum Gasteiger partial charge on any atom is 0.333 e. The van der Waals surface area contributed by atoms with Crippen LogP contribution < -0.4 is 11.2 Å². The Morgan fingerprint density at radius 1 is 1.00 bits per heavy atom. The second-order valence-corrected chi connectivity index (χ2v) is 8.32. The van der Waals surface area contributed by atoms with Crippen LogP contribution in [0, 0.1) is 11.7 Å².